The van der Waals surface area contributed by atoms with Crippen LogP contribution in [0, 0.1) is 11.8 Å². The van der Waals surface area contributed by atoms with Crippen molar-refractivity contribution in [2.75, 3.05) is 13.1 Å². The van der Waals surface area contributed by atoms with Crippen molar-refractivity contribution in [3.05, 3.63) is 0 Å². The van der Waals surface area contributed by atoms with E-state index in [1.165, 1.54) is 12.8 Å². The summed E-state index contributed by atoms with van der Waals surface area (Å²) < 4.78 is 5.43. The van der Waals surface area contributed by atoms with E-state index in [1.807, 2.05) is 25.7 Å². The van der Waals surface area contributed by atoms with Crippen molar-refractivity contribution < 1.29 is 9.53 Å². The summed E-state index contributed by atoms with van der Waals surface area (Å²) in [5.41, 5.74) is -0.387. The van der Waals surface area contributed by atoms with Crippen molar-refractivity contribution in [3.63, 3.8) is 0 Å². The Labute approximate surface area is 106 Å². The number of amides is 1. The van der Waals surface area contributed by atoms with Crippen LogP contribution >= 0.6 is 0 Å². The standard InChI is InChI=1S/C14H27NO2/c1-6-8-12-10-15(9-11(12)7-2)13(16)17-14(3,4)5/h11-12H,6-10H2,1-5H3. The maximum absolute atomic E-state index is 12.0. The minimum atomic E-state index is -0.387. The summed E-state index contributed by atoms with van der Waals surface area (Å²) >= 11 is 0. The number of carbonyl (C=O) groups is 1. The molecule has 17 heavy (non-hydrogen) atoms. The molecule has 0 radical (unpaired) electrons. The topological polar surface area (TPSA) is 29.5 Å². The number of hydrogen-bond acceptors (Lipinski definition) is 2. The van der Waals surface area contributed by atoms with E-state index < -0.39 is 0 Å². The molecule has 1 aliphatic rings. The molecule has 2 unspecified atom stereocenters. The first kappa shape index (κ1) is 14.3. The van der Waals surface area contributed by atoms with Gasteiger partial charge in [-0.25, -0.2) is 4.79 Å². The third-order valence-corrected chi connectivity index (χ3v) is 3.41. The number of nitrogens with zero attached hydrogens (tertiary/aromatic N) is 1. The number of carbonyl (C=O) groups excluding carboxylic acids is 1. The summed E-state index contributed by atoms with van der Waals surface area (Å²) in [6.07, 6.45) is 3.43. The predicted octanol–water partition coefficient (Wildman–Crippen LogP) is 3.68. The Hall–Kier alpha value is -0.730. The second-order valence-corrected chi connectivity index (χ2v) is 6.10. The highest BCUT2D eigenvalue weighted by molar-refractivity contribution is 5.68. The molecule has 0 aromatic rings. The molecule has 1 rings (SSSR count). The van der Waals surface area contributed by atoms with E-state index in [9.17, 15) is 4.79 Å². The van der Waals surface area contributed by atoms with Gasteiger partial charge in [0, 0.05) is 13.1 Å². The Morgan fingerprint density at radius 3 is 2.29 bits per heavy atom. The van der Waals surface area contributed by atoms with Crippen molar-refractivity contribution in [3.8, 4) is 0 Å². The first-order chi connectivity index (χ1) is 7.87. The number of hydrogen-bond donors (Lipinski definition) is 0. The van der Waals surface area contributed by atoms with Gasteiger partial charge in [0.1, 0.15) is 5.60 Å². The molecule has 1 fully saturated rings. The first-order valence-electron chi connectivity index (χ1n) is 6.85. The largest absolute Gasteiger partial charge is 0.444 e. The van der Waals surface area contributed by atoms with Crippen molar-refractivity contribution in [2.24, 2.45) is 11.8 Å². The molecule has 1 amide bonds. The van der Waals surface area contributed by atoms with Gasteiger partial charge in [0.25, 0.3) is 0 Å². The Bertz CT molecular complexity index is 257. The molecule has 0 N–H and O–H groups in total. The summed E-state index contributed by atoms with van der Waals surface area (Å²) in [7, 11) is 0. The van der Waals surface area contributed by atoms with Gasteiger partial charge in [-0.1, -0.05) is 26.7 Å². The van der Waals surface area contributed by atoms with Gasteiger partial charge in [-0.3, -0.25) is 0 Å². The lowest BCUT2D eigenvalue weighted by Gasteiger charge is -2.24. The summed E-state index contributed by atoms with van der Waals surface area (Å²) in [4.78, 5) is 13.9. The van der Waals surface area contributed by atoms with Crippen LogP contribution in [0.25, 0.3) is 0 Å². The molecule has 0 bridgehead atoms. The predicted molar refractivity (Wildman–Crippen MR) is 70.0 cm³/mol. The van der Waals surface area contributed by atoms with Crippen LogP contribution in [0.4, 0.5) is 4.79 Å². The zero-order valence-corrected chi connectivity index (χ0v) is 12.0. The summed E-state index contributed by atoms with van der Waals surface area (Å²) in [6, 6.07) is 0. The number of rotatable bonds is 3. The number of likely N-dealkylation sites (tertiary alicyclic amines) is 1. The number of ether oxygens (including phenoxy) is 1. The SMILES string of the molecule is CCCC1CN(C(=O)OC(C)(C)C)CC1CC. The monoisotopic (exact) mass is 241 g/mol. The van der Waals surface area contributed by atoms with Crippen molar-refractivity contribution in [1.29, 1.82) is 0 Å². The molecule has 100 valence electrons. The van der Waals surface area contributed by atoms with Crippen LogP contribution in [0.1, 0.15) is 53.9 Å². The van der Waals surface area contributed by atoms with E-state index in [0.29, 0.717) is 11.8 Å². The molecule has 3 heteroatoms. The summed E-state index contributed by atoms with van der Waals surface area (Å²) in [5.74, 6) is 1.32. The van der Waals surface area contributed by atoms with E-state index in [2.05, 4.69) is 13.8 Å². The molecular weight excluding hydrogens is 214 g/mol. The van der Waals surface area contributed by atoms with Gasteiger partial charge < -0.3 is 9.64 Å². The summed E-state index contributed by atoms with van der Waals surface area (Å²) in [6.45, 7) is 11.9. The quantitative estimate of drug-likeness (QED) is 0.754. The fourth-order valence-corrected chi connectivity index (χ4v) is 2.57. The molecule has 0 aromatic heterocycles. The third-order valence-electron chi connectivity index (χ3n) is 3.41. The molecule has 0 saturated carbocycles. The first-order valence-corrected chi connectivity index (χ1v) is 6.85. The van der Waals surface area contributed by atoms with Crippen LogP contribution < -0.4 is 0 Å². The zero-order chi connectivity index (χ0) is 13.1. The van der Waals surface area contributed by atoms with E-state index in [4.69, 9.17) is 4.74 Å². The van der Waals surface area contributed by atoms with Crippen LogP contribution in [0.2, 0.25) is 0 Å². The molecule has 2 atom stereocenters. The van der Waals surface area contributed by atoms with Gasteiger partial charge in [-0.15, -0.1) is 0 Å². The fourth-order valence-electron chi connectivity index (χ4n) is 2.57. The Morgan fingerprint density at radius 1 is 1.24 bits per heavy atom. The molecule has 1 saturated heterocycles. The molecule has 1 heterocycles. The van der Waals surface area contributed by atoms with Gasteiger partial charge in [-0.2, -0.15) is 0 Å². The minimum Gasteiger partial charge on any atom is -0.444 e. The lowest BCUT2D eigenvalue weighted by Crippen LogP contribution is -2.35. The smallest absolute Gasteiger partial charge is 0.410 e. The molecule has 0 aromatic carbocycles. The van der Waals surface area contributed by atoms with Crippen LogP contribution in [0.15, 0.2) is 0 Å². The maximum atomic E-state index is 12.0. The fraction of sp³-hybridized carbons (Fsp3) is 0.929. The lowest BCUT2D eigenvalue weighted by molar-refractivity contribution is 0.0283. The second kappa shape index (κ2) is 5.74. The second-order valence-electron chi connectivity index (χ2n) is 6.10. The van der Waals surface area contributed by atoms with Crippen LogP contribution in [-0.2, 0) is 4.74 Å². The summed E-state index contributed by atoms with van der Waals surface area (Å²) in [5, 5.41) is 0. The van der Waals surface area contributed by atoms with Gasteiger partial charge in [0.05, 0.1) is 0 Å². The lowest BCUT2D eigenvalue weighted by atomic mass is 9.90. The van der Waals surface area contributed by atoms with E-state index in [-0.39, 0.29) is 11.7 Å². The Kier molecular flexibility index (Phi) is 4.84. The Morgan fingerprint density at radius 2 is 1.82 bits per heavy atom. The molecule has 0 aliphatic carbocycles. The van der Waals surface area contributed by atoms with Gasteiger partial charge in [0.15, 0.2) is 0 Å². The normalized spacial score (nSPS) is 25.1. The Balaban J connectivity index is 2.54. The average Bonchev–Trinajstić information content (AvgIpc) is 2.59. The van der Waals surface area contributed by atoms with Gasteiger partial charge >= 0.3 is 6.09 Å². The van der Waals surface area contributed by atoms with Crippen LogP contribution in [0.5, 0.6) is 0 Å². The van der Waals surface area contributed by atoms with Crippen molar-refractivity contribution >= 4 is 6.09 Å². The van der Waals surface area contributed by atoms with E-state index in [0.717, 1.165) is 19.5 Å². The molecule has 1 aliphatic heterocycles. The van der Waals surface area contributed by atoms with Crippen molar-refractivity contribution in [1.82, 2.24) is 4.90 Å². The van der Waals surface area contributed by atoms with E-state index in [1.54, 1.807) is 0 Å². The van der Waals surface area contributed by atoms with Gasteiger partial charge in [-0.05, 0) is 39.0 Å². The minimum absolute atomic E-state index is 0.144. The average molecular weight is 241 g/mol. The highest BCUT2D eigenvalue weighted by atomic mass is 16.6. The van der Waals surface area contributed by atoms with Crippen LogP contribution in [0.3, 0.4) is 0 Å². The van der Waals surface area contributed by atoms with Gasteiger partial charge in [0.2, 0.25) is 0 Å². The molecular formula is C14H27NO2. The third kappa shape index (κ3) is 4.21. The zero-order valence-electron chi connectivity index (χ0n) is 12.0. The maximum Gasteiger partial charge on any atom is 0.410 e. The van der Waals surface area contributed by atoms with E-state index >= 15 is 0 Å². The highest BCUT2D eigenvalue weighted by Gasteiger charge is 2.35. The van der Waals surface area contributed by atoms with Crippen LogP contribution in [-0.4, -0.2) is 29.7 Å². The van der Waals surface area contributed by atoms with Crippen molar-refractivity contribution in [2.45, 2.75) is 59.5 Å². The molecule has 3 nitrogen and oxygen atoms in total. The highest BCUT2D eigenvalue weighted by Crippen LogP contribution is 2.30. The molecule has 0 spiro atoms.